The van der Waals surface area contributed by atoms with E-state index in [0.29, 0.717) is 6.04 Å². The third kappa shape index (κ3) is 5.50. The van der Waals surface area contributed by atoms with E-state index in [0.717, 1.165) is 35.1 Å². The largest absolute Gasteiger partial charge is 0.497 e. The molecule has 0 saturated heterocycles. The highest BCUT2D eigenvalue weighted by atomic mass is 32.2. The molecule has 1 aromatic carbocycles. The molecule has 0 aliphatic heterocycles. The third-order valence-electron chi connectivity index (χ3n) is 4.94. The number of nitrogens with zero attached hydrogens (tertiary/aromatic N) is 3. The molecule has 1 fully saturated rings. The molecule has 1 aliphatic rings. The van der Waals surface area contributed by atoms with Crippen molar-refractivity contribution in [1.82, 2.24) is 20.1 Å². The van der Waals surface area contributed by atoms with E-state index >= 15 is 0 Å². The van der Waals surface area contributed by atoms with Crippen LogP contribution in [0.15, 0.2) is 29.4 Å². The summed E-state index contributed by atoms with van der Waals surface area (Å²) in [6.07, 6.45) is 5.74. The molecule has 1 amide bonds. The fourth-order valence-corrected chi connectivity index (χ4v) is 4.24. The fourth-order valence-electron chi connectivity index (χ4n) is 3.40. The van der Waals surface area contributed by atoms with Crippen molar-refractivity contribution in [2.24, 2.45) is 0 Å². The van der Waals surface area contributed by atoms with E-state index in [4.69, 9.17) is 4.74 Å². The van der Waals surface area contributed by atoms with Gasteiger partial charge in [-0.15, -0.1) is 10.2 Å². The van der Waals surface area contributed by atoms with Crippen LogP contribution in [0.2, 0.25) is 0 Å². The first-order chi connectivity index (χ1) is 14.1. The van der Waals surface area contributed by atoms with Crippen molar-refractivity contribution in [3.63, 3.8) is 0 Å². The SMILES string of the molecule is COC(=O)CNC(=O)CSc1nnc(-c2ccc(OC)cc2)n1C1CCCCC1. The van der Waals surface area contributed by atoms with E-state index in [1.807, 2.05) is 24.3 Å². The molecule has 0 bridgehead atoms. The first-order valence-corrected chi connectivity index (χ1v) is 10.7. The van der Waals surface area contributed by atoms with E-state index in [1.165, 1.54) is 38.1 Å². The van der Waals surface area contributed by atoms with Gasteiger partial charge in [-0.05, 0) is 37.1 Å². The molecule has 0 spiro atoms. The number of methoxy groups -OCH3 is 2. The van der Waals surface area contributed by atoms with Gasteiger partial charge in [0.25, 0.3) is 0 Å². The summed E-state index contributed by atoms with van der Waals surface area (Å²) in [5.74, 6) is 1.02. The van der Waals surface area contributed by atoms with Crippen LogP contribution >= 0.6 is 11.8 Å². The quantitative estimate of drug-likeness (QED) is 0.520. The molecule has 1 saturated carbocycles. The Kier molecular flexibility index (Phi) is 7.51. The number of nitrogens with one attached hydrogen (secondary N) is 1. The van der Waals surface area contributed by atoms with Crippen molar-refractivity contribution in [3.05, 3.63) is 24.3 Å². The molecule has 0 radical (unpaired) electrons. The van der Waals surface area contributed by atoms with Gasteiger partial charge >= 0.3 is 5.97 Å². The second kappa shape index (κ2) is 10.3. The van der Waals surface area contributed by atoms with Gasteiger partial charge in [0.15, 0.2) is 11.0 Å². The van der Waals surface area contributed by atoms with Crippen LogP contribution in [0.5, 0.6) is 5.75 Å². The summed E-state index contributed by atoms with van der Waals surface area (Å²) in [5.41, 5.74) is 0.964. The Bertz CT molecular complexity index is 832. The average molecular weight is 419 g/mol. The van der Waals surface area contributed by atoms with Crippen LogP contribution in [-0.2, 0) is 14.3 Å². The Morgan fingerprint density at radius 2 is 1.86 bits per heavy atom. The number of rotatable bonds is 8. The van der Waals surface area contributed by atoms with Crippen LogP contribution in [0.3, 0.4) is 0 Å². The lowest BCUT2D eigenvalue weighted by Gasteiger charge is -2.25. The van der Waals surface area contributed by atoms with E-state index < -0.39 is 5.97 Å². The number of ether oxygens (including phenoxy) is 2. The lowest BCUT2D eigenvalue weighted by atomic mass is 9.95. The number of amides is 1. The number of hydrogen-bond donors (Lipinski definition) is 1. The summed E-state index contributed by atoms with van der Waals surface area (Å²) in [5, 5.41) is 12.1. The first-order valence-electron chi connectivity index (χ1n) is 9.68. The van der Waals surface area contributed by atoms with E-state index in [9.17, 15) is 9.59 Å². The summed E-state index contributed by atoms with van der Waals surface area (Å²) in [7, 11) is 2.93. The molecule has 1 heterocycles. The standard InChI is InChI=1S/C20H26N4O4S/c1-27-16-10-8-14(9-11-16)19-22-23-20(24(19)15-6-4-3-5-7-15)29-13-17(25)21-12-18(26)28-2/h8-11,15H,3-7,12-13H2,1-2H3,(H,21,25). The van der Waals surface area contributed by atoms with Gasteiger partial charge in [-0.3, -0.25) is 14.2 Å². The summed E-state index contributed by atoms with van der Waals surface area (Å²) in [6, 6.07) is 8.07. The van der Waals surface area contributed by atoms with Crippen LogP contribution in [-0.4, -0.2) is 53.2 Å². The Balaban J connectivity index is 1.78. The topological polar surface area (TPSA) is 95.3 Å². The van der Waals surface area contributed by atoms with Gasteiger partial charge in [-0.1, -0.05) is 31.0 Å². The van der Waals surface area contributed by atoms with Gasteiger partial charge < -0.3 is 14.8 Å². The van der Waals surface area contributed by atoms with Gasteiger partial charge in [0.1, 0.15) is 12.3 Å². The zero-order valence-electron chi connectivity index (χ0n) is 16.7. The highest BCUT2D eigenvalue weighted by Gasteiger charge is 2.24. The van der Waals surface area contributed by atoms with Crippen LogP contribution < -0.4 is 10.1 Å². The maximum Gasteiger partial charge on any atom is 0.325 e. The van der Waals surface area contributed by atoms with E-state index in [2.05, 4.69) is 24.8 Å². The van der Waals surface area contributed by atoms with Gasteiger partial charge in [0.2, 0.25) is 5.91 Å². The van der Waals surface area contributed by atoms with Gasteiger partial charge in [-0.25, -0.2) is 0 Å². The number of esters is 1. The zero-order valence-corrected chi connectivity index (χ0v) is 17.5. The molecular formula is C20H26N4O4S. The van der Waals surface area contributed by atoms with Crippen molar-refractivity contribution in [3.8, 4) is 17.1 Å². The Morgan fingerprint density at radius 3 is 2.52 bits per heavy atom. The third-order valence-corrected chi connectivity index (χ3v) is 5.89. The first kappa shape index (κ1) is 21.2. The van der Waals surface area contributed by atoms with Gasteiger partial charge in [0, 0.05) is 11.6 Å². The Morgan fingerprint density at radius 1 is 1.14 bits per heavy atom. The molecule has 1 N–H and O–H groups in total. The second-order valence-corrected chi connectivity index (χ2v) is 7.78. The predicted molar refractivity (Wildman–Crippen MR) is 110 cm³/mol. The minimum absolute atomic E-state index is 0.137. The molecular weight excluding hydrogens is 392 g/mol. The second-order valence-electron chi connectivity index (χ2n) is 6.84. The van der Waals surface area contributed by atoms with Crippen LogP contribution in [0.25, 0.3) is 11.4 Å². The summed E-state index contributed by atoms with van der Waals surface area (Å²) < 4.78 is 11.9. The Hall–Kier alpha value is -2.55. The highest BCUT2D eigenvalue weighted by Crippen LogP contribution is 2.35. The number of benzene rings is 1. The minimum Gasteiger partial charge on any atom is -0.497 e. The molecule has 1 aromatic heterocycles. The lowest BCUT2D eigenvalue weighted by molar-refractivity contribution is -0.140. The van der Waals surface area contributed by atoms with E-state index in [1.54, 1.807) is 7.11 Å². The van der Waals surface area contributed by atoms with Crippen LogP contribution in [0.1, 0.15) is 38.1 Å². The Labute approximate surface area is 174 Å². The number of hydrogen-bond acceptors (Lipinski definition) is 7. The van der Waals surface area contributed by atoms with Gasteiger partial charge in [0.05, 0.1) is 20.0 Å². The zero-order chi connectivity index (χ0) is 20.6. The molecule has 3 rings (SSSR count). The molecule has 2 aromatic rings. The van der Waals surface area contributed by atoms with E-state index in [-0.39, 0.29) is 18.2 Å². The van der Waals surface area contributed by atoms with Crippen molar-refractivity contribution < 1.29 is 19.1 Å². The monoisotopic (exact) mass is 418 g/mol. The molecule has 8 nitrogen and oxygen atoms in total. The summed E-state index contributed by atoms with van der Waals surface area (Å²) in [4.78, 5) is 23.2. The summed E-state index contributed by atoms with van der Waals surface area (Å²) in [6.45, 7) is -0.137. The molecule has 0 unspecified atom stereocenters. The molecule has 9 heteroatoms. The fraction of sp³-hybridized carbons (Fsp3) is 0.500. The number of carbonyl (C=O) groups is 2. The normalized spacial score (nSPS) is 14.4. The molecule has 156 valence electrons. The predicted octanol–water partition coefficient (Wildman–Crippen LogP) is 2.84. The van der Waals surface area contributed by atoms with Crippen molar-refractivity contribution in [2.45, 2.75) is 43.3 Å². The van der Waals surface area contributed by atoms with Crippen molar-refractivity contribution >= 4 is 23.6 Å². The summed E-state index contributed by atoms with van der Waals surface area (Å²) >= 11 is 1.33. The number of thioether (sulfide) groups is 1. The number of aromatic nitrogens is 3. The smallest absolute Gasteiger partial charge is 0.325 e. The maximum atomic E-state index is 12.1. The van der Waals surface area contributed by atoms with Crippen LogP contribution in [0, 0.1) is 0 Å². The molecule has 0 atom stereocenters. The molecule has 1 aliphatic carbocycles. The lowest BCUT2D eigenvalue weighted by Crippen LogP contribution is -2.31. The van der Waals surface area contributed by atoms with Crippen LogP contribution in [0.4, 0.5) is 0 Å². The maximum absolute atomic E-state index is 12.1. The minimum atomic E-state index is -0.476. The van der Waals surface area contributed by atoms with Crippen molar-refractivity contribution in [1.29, 1.82) is 0 Å². The average Bonchev–Trinajstić information content (AvgIpc) is 3.20. The molecule has 29 heavy (non-hydrogen) atoms. The van der Waals surface area contributed by atoms with Crippen molar-refractivity contribution in [2.75, 3.05) is 26.5 Å². The van der Waals surface area contributed by atoms with Gasteiger partial charge in [-0.2, -0.15) is 0 Å². The number of carbonyl (C=O) groups excluding carboxylic acids is 2. The highest BCUT2D eigenvalue weighted by molar-refractivity contribution is 7.99.